The molecule has 0 bridgehead atoms. The summed E-state index contributed by atoms with van der Waals surface area (Å²) in [6.07, 6.45) is 2.18. The van der Waals surface area contributed by atoms with Crippen LogP contribution in [0.1, 0.15) is 45.5 Å². The Hall–Kier alpha value is -4.02. The van der Waals surface area contributed by atoms with Crippen LogP contribution in [0.3, 0.4) is 0 Å². The predicted octanol–water partition coefficient (Wildman–Crippen LogP) is 5.16. The topological polar surface area (TPSA) is 47.3 Å². The van der Waals surface area contributed by atoms with Crippen LogP contribution in [0, 0.1) is 30.1 Å². The van der Waals surface area contributed by atoms with Crippen molar-refractivity contribution in [3.05, 3.63) is 101 Å². The van der Waals surface area contributed by atoms with E-state index in [4.69, 9.17) is 0 Å². The number of aryl methyl sites for hydroxylation is 1. The van der Waals surface area contributed by atoms with Gasteiger partial charge in [-0.3, -0.25) is 4.79 Å². The van der Waals surface area contributed by atoms with E-state index in [2.05, 4.69) is 34.9 Å². The van der Waals surface area contributed by atoms with Crippen molar-refractivity contribution in [2.45, 2.75) is 26.3 Å². The summed E-state index contributed by atoms with van der Waals surface area (Å²) in [7, 11) is 0. The maximum Gasteiger partial charge on any atom is 0.254 e. The summed E-state index contributed by atoms with van der Waals surface area (Å²) < 4.78 is 0. The van der Waals surface area contributed by atoms with E-state index in [0.717, 1.165) is 48.3 Å². The molecular formula is C29H27N3O. The first-order valence-electron chi connectivity index (χ1n) is 11.3. The second-order valence-corrected chi connectivity index (χ2v) is 8.33. The standard InChI is InChI=1S/C29H27N3O/c1-23-19-24(14-15-28(23)29(33)31-16-5-6-17-31)12-8-18-32(22-25-9-3-2-4-10-25)27-13-7-11-26(20-27)21-30/h2-4,7,9-11,13-15,19-20H,5-6,16-18,22H2,1H3. The van der Waals surface area contributed by atoms with Crippen LogP contribution in [0.2, 0.25) is 0 Å². The van der Waals surface area contributed by atoms with Crippen LogP contribution in [0.5, 0.6) is 0 Å². The molecule has 1 amide bonds. The first-order chi connectivity index (χ1) is 16.1. The zero-order chi connectivity index (χ0) is 23.0. The van der Waals surface area contributed by atoms with Gasteiger partial charge in [-0.25, -0.2) is 0 Å². The van der Waals surface area contributed by atoms with E-state index in [9.17, 15) is 10.1 Å². The lowest BCUT2D eigenvalue weighted by molar-refractivity contribution is 0.0792. The number of nitriles is 1. The number of nitrogens with zero attached hydrogens (tertiary/aromatic N) is 3. The van der Waals surface area contributed by atoms with Crippen molar-refractivity contribution in [3.63, 3.8) is 0 Å². The Morgan fingerprint density at radius 1 is 0.970 bits per heavy atom. The van der Waals surface area contributed by atoms with Crippen LogP contribution in [-0.4, -0.2) is 30.4 Å². The molecule has 33 heavy (non-hydrogen) atoms. The Kier molecular flexibility index (Phi) is 7.08. The van der Waals surface area contributed by atoms with Gasteiger partial charge >= 0.3 is 0 Å². The molecule has 0 unspecified atom stereocenters. The molecule has 3 aromatic carbocycles. The van der Waals surface area contributed by atoms with Gasteiger partial charge in [-0.15, -0.1) is 0 Å². The van der Waals surface area contributed by atoms with Crippen molar-refractivity contribution in [1.82, 2.24) is 4.90 Å². The van der Waals surface area contributed by atoms with Gasteiger partial charge in [0.05, 0.1) is 18.2 Å². The van der Waals surface area contributed by atoms with Crippen molar-refractivity contribution < 1.29 is 4.79 Å². The van der Waals surface area contributed by atoms with Gasteiger partial charge in [0.25, 0.3) is 5.91 Å². The minimum Gasteiger partial charge on any atom is -0.356 e. The Labute approximate surface area is 196 Å². The molecule has 164 valence electrons. The van der Waals surface area contributed by atoms with Gasteiger partial charge < -0.3 is 9.80 Å². The third kappa shape index (κ3) is 5.62. The molecule has 1 saturated heterocycles. The summed E-state index contributed by atoms with van der Waals surface area (Å²) in [6, 6.07) is 25.9. The number of carbonyl (C=O) groups excluding carboxylic acids is 1. The highest BCUT2D eigenvalue weighted by atomic mass is 16.2. The lowest BCUT2D eigenvalue weighted by Crippen LogP contribution is -2.28. The van der Waals surface area contributed by atoms with Gasteiger partial charge in [0.2, 0.25) is 0 Å². The molecule has 0 aliphatic carbocycles. The van der Waals surface area contributed by atoms with Gasteiger partial charge in [0.15, 0.2) is 0 Å². The summed E-state index contributed by atoms with van der Waals surface area (Å²) in [5.74, 6) is 6.66. The van der Waals surface area contributed by atoms with Crippen molar-refractivity contribution >= 4 is 11.6 Å². The first kappa shape index (κ1) is 22.2. The van der Waals surface area contributed by atoms with Crippen LogP contribution >= 0.6 is 0 Å². The normalized spacial score (nSPS) is 12.5. The minimum atomic E-state index is 0.121. The molecule has 0 aromatic heterocycles. The van der Waals surface area contributed by atoms with Gasteiger partial charge in [0.1, 0.15) is 0 Å². The molecule has 0 radical (unpaired) electrons. The number of likely N-dealkylation sites (tertiary alicyclic amines) is 1. The molecular weight excluding hydrogens is 406 g/mol. The number of hydrogen-bond acceptors (Lipinski definition) is 3. The minimum absolute atomic E-state index is 0.121. The SMILES string of the molecule is Cc1cc(C#CCN(Cc2ccccc2)c2cccc(C#N)c2)ccc1C(=O)N1CCCC1. The first-order valence-corrected chi connectivity index (χ1v) is 11.3. The summed E-state index contributed by atoms with van der Waals surface area (Å²) in [4.78, 5) is 16.8. The molecule has 0 spiro atoms. The van der Waals surface area contributed by atoms with Crippen LogP contribution in [-0.2, 0) is 6.54 Å². The zero-order valence-electron chi connectivity index (χ0n) is 18.9. The van der Waals surface area contributed by atoms with Gasteiger partial charge in [-0.2, -0.15) is 5.26 Å². The average molecular weight is 434 g/mol. The number of rotatable bonds is 5. The monoisotopic (exact) mass is 433 g/mol. The third-order valence-corrected chi connectivity index (χ3v) is 5.91. The summed E-state index contributed by atoms with van der Waals surface area (Å²) in [5.41, 5.74) is 5.41. The maximum atomic E-state index is 12.7. The molecule has 1 aliphatic rings. The fourth-order valence-electron chi connectivity index (χ4n) is 4.12. The average Bonchev–Trinajstić information content (AvgIpc) is 3.39. The van der Waals surface area contributed by atoms with E-state index in [1.54, 1.807) is 0 Å². The molecule has 0 saturated carbocycles. The fourth-order valence-corrected chi connectivity index (χ4v) is 4.12. The largest absolute Gasteiger partial charge is 0.356 e. The maximum absolute atomic E-state index is 12.7. The molecule has 3 aromatic rings. The number of amides is 1. The highest BCUT2D eigenvalue weighted by Crippen LogP contribution is 2.19. The molecule has 4 nitrogen and oxygen atoms in total. The van der Waals surface area contributed by atoms with Crippen LogP contribution in [0.4, 0.5) is 5.69 Å². The van der Waals surface area contributed by atoms with Gasteiger partial charge in [-0.05, 0) is 67.3 Å². The fraction of sp³-hybridized carbons (Fsp3) is 0.241. The molecule has 1 fully saturated rings. The third-order valence-electron chi connectivity index (χ3n) is 5.91. The molecule has 4 heteroatoms. The number of hydrogen-bond donors (Lipinski definition) is 0. The number of anilines is 1. The van der Waals surface area contributed by atoms with Crippen LogP contribution in [0.25, 0.3) is 0 Å². The van der Waals surface area contributed by atoms with Gasteiger partial charge in [-0.1, -0.05) is 48.2 Å². The lowest BCUT2D eigenvalue weighted by Gasteiger charge is -2.23. The van der Waals surface area contributed by atoms with E-state index in [-0.39, 0.29) is 5.91 Å². The van der Waals surface area contributed by atoms with Crippen molar-refractivity contribution in [2.24, 2.45) is 0 Å². The van der Waals surface area contributed by atoms with Crippen molar-refractivity contribution in [3.8, 4) is 17.9 Å². The molecule has 0 atom stereocenters. The van der Waals surface area contributed by atoms with E-state index >= 15 is 0 Å². The number of carbonyl (C=O) groups is 1. The Balaban J connectivity index is 1.52. The quantitative estimate of drug-likeness (QED) is 0.522. The summed E-state index contributed by atoms with van der Waals surface area (Å²) in [6.45, 7) is 4.90. The molecule has 1 heterocycles. The van der Waals surface area contributed by atoms with Crippen molar-refractivity contribution in [2.75, 3.05) is 24.5 Å². The Bertz CT molecular complexity index is 1220. The van der Waals surface area contributed by atoms with Crippen LogP contribution < -0.4 is 4.90 Å². The van der Waals surface area contributed by atoms with Gasteiger partial charge in [0, 0.05) is 36.4 Å². The Morgan fingerprint density at radius 2 is 1.76 bits per heavy atom. The molecule has 4 rings (SSSR count). The van der Waals surface area contributed by atoms with Crippen LogP contribution in [0.15, 0.2) is 72.8 Å². The van der Waals surface area contributed by atoms with Crippen molar-refractivity contribution in [1.29, 1.82) is 5.26 Å². The van der Waals surface area contributed by atoms with E-state index < -0.39 is 0 Å². The predicted molar refractivity (Wildman–Crippen MR) is 132 cm³/mol. The Morgan fingerprint density at radius 3 is 2.48 bits per heavy atom. The summed E-state index contributed by atoms with van der Waals surface area (Å²) in [5, 5.41) is 9.29. The second-order valence-electron chi connectivity index (χ2n) is 8.33. The number of benzene rings is 3. The second kappa shape index (κ2) is 10.5. The highest BCUT2D eigenvalue weighted by Gasteiger charge is 2.20. The van der Waals surface area contributed by atoms with E-state index in [0.29, 0.717) is 18.7 Å². The molecule has 1 aliphatic heterocycles. The zero-order valence-corrected chi connectivity index (χ0v) is 18.9. The van der Waals surface area contributed by atoms with E-state index in [1.165, 1.54) is 5.56 Å². The smallest absolute Gasteiger partial charge is 0.254 e. The molecule has 0 N–H and O–H groups in total. The summed E-state index contributed by atoms with van der Waals surface area (Å²) >= 11 is 0. The lowest BCUT2D eigenvalue weighted by atomic mass is 10.0. The van der Waals surface area contributed by atoms with E-state index in [1.807, 2.05) is 72.5 Å². The highest BCUT2D eigenvalue weighted by molar-refractivity contribution is 5.96.